The Morgan fingerprint density at radius 3 is 2.70 bits per heavy atom. The lowest BCUT2D eigenvalue weighted by Crippen LogP contribution is -2.41. The number of nitro benzene ring substituents is 1. The van der Waals surface area contributed by atoms with E-state index in [0.717, 1.165) is 19.3 Å². The zero-order valence-electron chi connectivity index (χ0n) is 12.9. The van der Waals surface area contributed by atoms with E-state index in [1.165, 1.54) is 18.2 Å². The second-order valence-electron chi connectivity index (χ2n) is 5.54. The lowest BCUT2D eigenvalue weighted by molar-refractivity contribution is -0.383. The van der Waals surface area contributed by atoms with Gasteiger partial charge in [0.2, 0.25) is 0 Å². The van der Waals surface area contributed by atoms with E-state index >= 15 is 0 Å². The molecule has 1 aliphatic heterocycles. The fourth-order valence-corrected chi connectivity index (χ4v) is 2.58. The zero-order chi connectivity index (χ0) is 16.8. The Kier molecular flexibility index (Phi) is 5.89. The number of nitrogens with zero attached hydrogens (tertiary/aromatic N) is 2. The Labute approximate surface area is 134 Å². The van der Waals surface area contributed by atoms with Crippen molar-refractivity contribution in [1.29, 1.82) is 0 Å². The van der Waals surface area contributed by atoms with Crippen molar-refractivity contribution in [1.82, 2.24) is 4.90 Å². The van der Waals surface area contributed by atoms with E-state index in [0.29, 0.717) is 26.2 Å². The minimum atomic E-state index is -0.580. The fourth-order valence-electron chi connectivity index (χ4n) is 2.58. The molecule has 4 N–H and O–H groups in total. The van der Waals surface area contributed by atoms with Crippen LogP contribution in [0.3, 0.4) is 0 Å². The largest absolute Gasteiger partial charge is 0.393 e. The summed E-state index contributed by atoms with van der Waals surface area (Å²) in [4.78, 5) is 24.5. The first-order valence-electron chi connectivity index (χ1n) is 7.67. The summed E-state index contributed by atoms with van der Waals surface area (Å²) in [7, 11) is 0. The van der Waals surface area contributed by atoms with Gasteiger partial charge in [-0.15, -0.1) is 0 Å². The second kappa shape index (κ2) is 7.89. The van der Waals surface area contributed by atoms with E-state index in [-0.39, 0.29) is 28.9 Å². The van der Waals surface area contributed by atoms with E-state index in [1.54, 1.807) is 4.90 Å². The summed E-state index contributed by atoms with van der Waals surface area (Å²) in [6, 6.07) is 4.16. The van der Waals surface area contributed by atoms with Crippen molar-refractivity contribution in [3.63, 3.8) is 0 Å². The van der Waals surface area contributed by atoms with Crippen molar-refractivity contribution in [3.05, 3.63) is 33.9 Å². The molecule has 23 heavy (non-hydrogen) atoms. The van der Waals surface area contributed by atoms with Gasteiger partial charge in [0.05, 0.1) is 11.0 Å². The van der Waals surface area contributed by atoms with Crippen molar-refractivity contribution < 1.29 is 14.5 Å². The minimum absolute atomic E-state index is 0.0542. The molecule has 0 spiro atoms. The maximum Gasteiger partial charge on any atom is 0.292 e. The lowest BCUT2D eigenvalue weighted by atomic mass is 10.1. The number of nitrogen functional groups attached to an aromatic ring is 1. The second-order valence-corrected chi connectivity index (χ2v) is 5.54. The summed E-state index contributed by atoms with van der Waals surface area (Å²) in [6.07, 6.45) is 2.49. The van der Waals surface area contributed by atoms with Crippen LogP contribution in [0.4, 0.5) is 11.4 Å². The quantitative estimate of drug-likeness (QED) is 0.350. The van der Waals surface area contributed by atoms with Crippen LogP contribution in [0, 0.1) is 10.1 Å². The Hall–Kier alpha value is -2.19. The van der Waals surface area contributed by atoms with Gasteiger partial charge in [0.1, 0.15) is 5.69 Å². The monoisotopic (exact) mass is 322 g/mol. The highest BCUT2D eigenvalue weighted by Crippen LogP contribution is 2.24. The van der Waals surface area contributed by atoms with Crippen molar-refractivity contribution in [2.75, 3.05) is 32.0 Å². The predicted octanol–water partition coefficient (Wildman–Crippen LogP) is 1.15. The summed E-state index contributed by atoms with van der Waals surface area (Å²) in [5.74, 6) is -0.214. The number of likely N-dealkylation sites (tertiary alicyclic amines) is 1. The average molecular weight is 322 g/mol. The van der Waals surface area contributed by atoms with Gasteiger partial charge in [-0.05, 0) is 37.9 Å². The molecule has 0 unspecified atom stereocenters. The first-order chi connectivity index (χ1) is 11.0. The molecule has 1 aromatic rings. The molecule has 8 heteroatoms. The number of piperidine rings is 1. The summed E-state index contributed by atoms with van der Waals surface area (Å²) in [5.41, 5.74) is 11.1. The number of nitro groups is 1. The van der Waals surface area contributed by atoms with Crippen LogP contribution in [-0.2, 0) is 4.74 Å². The molecule has 1 aromatic carbocycles. The highest BCUT2D eigenvalue weighted by Gasteiger charge is 2.25. The molecule has 1 amide bonds. The van der Waals surface area contributed by atoms with Crippen LogP contribution in [0.15, 0.2) is 18.2 Å². The third kappa shape index (κ3) is 4.40. The molecule has 0 atom stereocenters. The summed E-state index contributed by atoms with van der Waals surface area (Å²) in [6.45, 7) is 2.39. The first kappa shape index (κ1) is 17.2. The molecule has 0 saturated carbocycles. The van der Waals surface area contributed by atoms with Gasteiger partial charge in [-0.2, -0.15) is 0 Å². The molecule has 0 aromatic heterocycles. The van der Waals surface area contributed by atoms with Crippen LogP contribution >= 0.6 is 0 Å². The number of amides is 1. The number of anilines is 1. The number of benzene rings is 1. The fraction of sp³-hybridized carbons (Fsp3) is 0.533. The van der Waals surface area contributed by atoms with Gasteiger partial charge in [-0.3, -0.25) is 14.9 Å². The summed E-state index contributed by atoms with van der Waals surface area (Å²) >= 11 is 0. The Balaban J connectivity index is 1.95. The van der Waals surface area contributed by atoms with Gasteiger partial charge in [0.25, 0.3) is 11.6 Å². The van der Waals surface area contributed by atoms with Gasteiger partial charge in [-0.25, -0.2) is 0 Å². The molecule has 1 heterocycles. The molecular weight excluding hydrogens is 300 g/mol. The molecule has 2 rings (SSSR count). The van der Waals surface area contributed by atoms with Crippen LogP contribution in [0.2, 0.25) is 0 Å². The van der Waals surface area contributed by atoms with Crippen LogP contribution in [0.1, 0.15) is 29.6 Å². The molecule has 0 radical (unpaired) electrons. The average Bonchev–Trinajstić information content (AvgIpc) is 2.55. The van der Waals surface area contributed by atoms with Crippen LogP contribution < -0.4 is 11.5 Å². The van der Waals surface area contributed by atoms with Crippen LogP contribution in [0.5, 0.6) is 0 Å². The third-order valence-corrected chi connectivity index (χ3v) is 3.91. The van der Waals surface area contributed by atoms with Crippen molar-refractivity contribution in [2.24, 2.45) is 5.73 Å². The van der Waals surface area contributed by atoms with E-state index in [9.17, 15) is 14.9 Å². The minimum Gasteiger partial charge on any atom is -0.393 e. The van der Waals surface area contributed by atoms with E-state index < -0.39 is 4.92 Å². The topological polar surface area (TPSA) is 125 Å². The smallest absolute Gasteiger partial charge is 0.292 e. The number of carbonyl (C=O) groups is 1. The van der Waals surface area contributed by atoms with Gasteiger partial charge in [0, 0.05) is 31.3 Å². The summed E-state index contributed by atoms with van der Waals surface area (Å²) in [5, 5.41) is 10.9. The van der Waals surface area contributed by atoms with E-state index in [4.69, 9.17) is 16.2 Å². The highest BCUT2D eigenvalue weighted by molar-refractivity contribution is 5.95. The van der Waals surface area contributed by atoms with Crippen LogP contribution in [0.25, 0.3) is 0 Å². The maximum absolute atomic E-state index is 12.5. The molecule has 1 saturated heterocycles. The molecular formula is C15H22N4O4. The molecule has 1 aliphatic rings. The first-order valence-corrected chi connectivity index (χ1v) is 7.67. The Morgan fingerprint density at radius 2 is 2.09 bits per heavy atom. The lowest BCUT2D eigenvalue weighted by Gasteiger charge is -2.32. The van der Waals surface area contributed by atoms with Crippen molar-refractivity contribution in [3.8, 4) is 0 Å². The number of nitrogens with two attached hydrogens (primary N) is 2. The molecule has 8 nitrogen and oxygen atoms in total. The van der Waals surface area contributed by atoms with Crippen LogP contribution in [-0.4, -0.2) is 48.1 Å². The molecule has 1 fully saturated rings. The van der Waals surface area contributed by atoms with Gasteiger partial charge in [0.15, 0.2) is 0 Å². The normalized spacial score (nSPS) is 15.6. The Bertz CT molecular complexity index is 571. The molecule has 0 aliphatic carbocycles. The molecule has 126 valence electrons. The van der Waals surface area contributed by atoms with Crippen molar-refractivity contribution in [2.45, 2.75) is 25.4 Å². The predicted molar refractivity (Wildman–Crippen MR) is 86.1 cm³/mol. The summed E-state index contributed by atoms with van der Waals surface area (Å²) < 4.78 is 5.70. The van der Waals surface area contributed by atoms with Gasteiger partial charge >= 0.3 is 0 Å². The van der Waals surface area contributed by atoms with Gasteiger partial charge in [-0.1, -0.05) is 0 Å². The number of hydrogen-bond acceptors (Lipinski definition) is 6. The SMILES string of the molecule is NCCCOC1CCN(C(=O)c2ccc(N)c([N+](=O)[O-])c2)CC1. The number of rotatable bonds is 6. The zero-order valence-corrected chi connectivity index (χ0v) is 12.9. The maximum atomic E-state index is 12.5. The number of hydrogen-bond donors (Lipinski definition) is 2. The van der Waals surface area contributed by atoms with E-state index in [1.807, 2.05) is 0 Å². The van der Waals surface area contributed by atoms with Gasteiger partial charge < -0.3 is 21.1 Å². The number of carbonyl (C=O) groups excluding carboxylic acids is 1. The standard InChI is InChI=1S/C15H22N4O4/c16-6-1-9-23-12-4-7-18(8-5-12)15(20)11-2-3-13(17)14(10-11)19(21)22/h2-3,10,12H,1,4-9,16-17H2. The number of ether oxygens (including phenoxy) is 1. The Morgan fingerprint density at radius 1 is 1.39 bits per heavy atom. The molecule has 0 bridgehead atoms. The third-order valence-electron chi connectivity index (χ3n) is 3.91. The van der Waals surface area contributed by atoms with E-state index in [2.05, 4.69) is 0 Å². The van der Waals surface area contributed by atoms with Crippen molar-refractivity contribution >= 4 is 17.3 Å². The highest BCUT2D eigenvalue weighted by atomic mass is 16.6.